The van der Waals surface area contributed by atoms with E-state index >= 15 is 0 Å². The molecule has 6 heteroatoms. The predicted molar refractivity (Wildman–Crippen MR) is 89.7 cm³/mol. The van der Waals surface area contributed by atoms with Crippen LogP contribution in [0.4, 0.5) is 10.5 Å². The van der Waals surface area contributed by atoms with Crippen molar-refractivity contribution >= 4 is 17.6 Å². The summed E-state index contributed by atoms with van der Waals surface area (Å²) in [5.41, 5.74) is 1.12. The lowest BCUT2D eigenvalue weighted by molar-refractivity contribution is 0.0937. The second-order valence-electron chi connectivity index (χ2n) is 5.76. The van der Waals surface area contributed by atoms with Crippen LogP contribution in [0.1, 0.15) is 42.5 Å². The van der Waals surface area contributed by atoms with Crippen LogP contribution >= 0.6 is 0 Å². The van der Waals surface area contributed by atoms with Crippen molar-refractivity contribution in [3.63, 3.8) is 0 Å². The Hall–Kier alpha value is -2.08. The molecule has 3 amide bonds. The molecule has 0 atom stereocenters. The highest BCUT2D eigenvalue weighted by Crippen LogP contribution is 2.17. The minimum Gasteiger partial charge on any atom is -0.383 e. The van der Waals surface area contributed by atoms with Gasteiger partial charge in [0, 0.05) is 30.9 Å². The summed E-state index contributed by atoms with van der Waals surface area (Å²) in [5, 5.41) is 8.54. The van der Waals surface area contributed by atoms with Gasteiger partial charge in [0.25, 0.3) is 5.91 Å². The standard InChI is InChI=1S/C17H25N3O3/c1-23-11-10-18-16(21)13-6-5-9-15(12-13)20-17(22)19-14-7-3-2-4-8-14/h5-6,9,12,14H,2-4,7-8,10-11H2,1H3,(H,18,21)(H2,19,20,22). The lowest BCUT2D eigenvalue weighted by atomic mass is 9.96. The van der Waals surface area contributed by atoms with Gasteiger partial charge in [-0.2, -0.15) is 0 Å². The maximum atomic E-state index is 12.0. The molecule has 0 spiro atoms. The van der Waals surface area contributed by atoms with Crippen LogP contribution in [0, 0.1) is 0 Å². The van der Waals surface area contributed by atoms with Gasteiger partial charge in [-0.05, 0) is 31.0 Å². The lowest BCUT2D eigenvalue weighted by Crippen LogP contribution is -2.39. The highest BCUT2D eigenvalue weighted by atomic mass is 16.5. The molecule has 3 N–H and O–H groups in total. The molecule has 0 aliphatic heterocycles. The number of carbonyl (C=O) groups is 2. The van der Waals surface area contributed by atoms with Crippen molar-refractivity contribution < 1.29 is 14.3 Å². The summed E-state index contributed by atoms with van der Waals surface area (Å²) < 4.78 is 4.90. The molecule has 1 aliphatic carbocycles. The second kappa shape index (κ2) is 9.15. The number of hydrogen-bond donors (Lipinski definition) is 3. The van der Waals surface area contributed by atoms with Crippen LogP contribution in [-0.4, -0.2) is 38.2 Å². The summed E-state index contributed by atoms with van der Waals surface area (Å²) >= 11 is 0. The van der Waals surface area contributed by atoms with E-state index in [4.69, 9.17) is 4.74 Å². The average molecular weight is 319 g/mol. The normalized spacial score (nSPS) is 15.0. The lowest BCUT2D eigenvalue weighted by Gasteiger charge is -2.22. The number of nitrogens with one attached hydrogen (secondary N) is 3. The van der Waals surface area contributed by atoms with E-state index in [2.05, 4.69) is 16.0 Å². The zero-order valence-corrected chi connectivity index (χ0v) is 13.6. The van der Waals surface area contributed by atoms with Gasteiger partial charge in [-0.3, -0.25) is 4.79 Å². The molecular formula is C17H25N3O3. The van der Waals surface area contributed by atoms with Crippen LogP contribution in [-0.2, 0) is 4.74 Å². The van der Waals surface area contributed by atoms with E-state index in [-0.39, 0.29) is 18.0 Å². The number of amides is 3. The van der Waals surface area contributed by atoms with E-state index in [0.29, 0.717) is 24.4 Å². The fourth-order valence-electron chi connectivity index (χ4n) is 2.71. The van der Waals surface area contributed by atoms with Gasteiger partial charge in [0.2, 0.25) is 0 Å². The zero-order chi connectivity index (χ0) is 16.5. The third-order valence-corrected chi connectivity index (χ3v) is 3.91. The number of ether oxygens (including phenoxy) is 1. The molecule has 0 radical (unpaired) electrons. The molecule has 1 saturated carbocycles. The first-order valence-electron chi connectivity index (χ1n) is 8.14. The fraction of sp³-hybridized carbons (Fsp3) is 0.529. The molecule has 0 aromatic heterocycles. The molecule has 23 heavy (non-hydrogen) atoms. The second-order valence-corrected chi connectivity index (χ2v) is 5.76. The van der Waals surface area contributed by atoms with Crippen molar-refractivity contribution in [3.8, 4) is 0 Å². The Kier molecular flexibility index (Phi) is 6.87. The third-order valence-electron chi connectivity index (χ3n) is 3.91. The van der Waals surface area contributed by atoms with E-state index in [1.54, 1.807) is 31.4 Å². The van der Waals surface area contributed by atoms with Crippen molar-refractivity contribution in [3.05, 3.63) is 29.8 Å². The molecule has 1 aromatic carbocycles. The number of benzene rings is 1. The highest BCUT2D eigenvalue weighted by Gasteiger charge is 2.15. The Morgan fingerprint density at radius 2 is 2.00 bits per heavy atom. The average Bonchev–Trinajstić information content (AvgIpc) is 2.56. The predicted octanol–water partition coefficient (Wildman–Crippen LogP) is 2.52. The van der Waals surface area contributed by atoms with Gasteiger partial charge >= 0.3 is 6.03 Å². The topological polar surface area (TPSA) is 79.5 Å². The van der Waals surface area contributed by atoms with Crippen LogP contribution in [0.2, 0.25) is 0 Å². The summed E-state index contributed by atoms with van der Waals surface area (Å²) in [7, 11) is 1.58. The van der Waals surface area contributed by atoms with Gasteiger partial charge in [-0.1, -0.05) is 25.3 Å². The first-order valence-corrected chi connectivity index (χ1v) is 8.14. The van der Waals surface area contributed by atoms with Crippen molar-refractivity contribution in [2.75, 3.05) is 25.6 Å². The summed E-state index contributed by atoms with van der Waals surface area (Å²) in [6.45, 7) is 0.919. The first kappa shape index (κ1) is 17.3. The van der Waals surface area contributed by atoms with Gasteiger partial charge in [0.05, 0.1) is 6.61 Å². The monoisotopic (exact) mass is 319 g/mol. The van der Waals surface area contributed by atoms with Gasteiger partial charge < -0.3 is 20.7 Å². The molecule has 2 rings (SSSR count). The first-order chi connectivity index (χ1) is 11.2. The minimum atomic E-state index is -0.214. The minimum absolute atomic E-state index is 0.182. The van der Waals surface area contributed by atoms with Crippen molar-refractivity contribution in [1.82, 2.24) is 10.6 Å². The Labute approximate surface area is 137 Å². The molecule has 0 heterocycles. The van der Waals surface area contributed by atoms with E-state index in [1.165, 1.54) is 19.3 Å². The number of methoxy groups -OCH3 is 1. The molecule has 0 unspecified atom stereocenters. The molecule has 1 aromatic rings. The quantitative estimate of drug-likeness (QED) is 0.705. The Morgan fingerprint density at radius 1 is 1.22 bits per heavy atom. The van der Waals surface area contributed by atoms with Crippen LogP contribution in [0.15, 0.2) is 24.3 Å². The number of urea groups is 1. The van der Waals surface area contributed by atoms with Gasteiger partial charge in [-0.25, -0.2) is 4.79 Å². The SMILES string of the molecule is COCCNC(=O)c1cccc(NC(=O)NC2CCCCC2)c1. The number of carbonyl (C=O) groups excluding carboxylic acids is 2. The maximum Gasteiger partial charge on any atom is 0.319 e. The highest BCUT2D eigenvalue weighted by molar-refractivity contribution is 5.96. The third kappa shape index (κ3) is 5.90. The van der Waals surface area contributed by atoms with Crippen molar-refractivity contribution in [1.29, 1.82) is 0 Å². The Balaban J connectivity index is 1.86. The maximum absolute atomic E-state index is 12.0. The van der Waals surface area contributed by atoms with Crippen molar-refractivity contribution in [2.24, 2.45) is 0 Å². The molecule has 0 saturated heterocycles. The largest absolute Gasteiger partial charge is 0.383 e. The number of anilines is 1. The van der Waals surface area contributed by atoms with Gasteiger partial charge in [0.15, 0.2) is 0 Å². The van der Waals surface area contributed by atoms with Crippen LogP contribution in [0.5, 0.6) is 0 Å². The van der Waals surface area contributed by atoms with Crippen LogP contribution in [0.3, 0.4) is 0 Å². The number of rotatable bonds is 6. The smallest absolute Gasteiger partial charge is 0.319 e. The summed E-state index contributed by atoms with van der Waals surface area (Å²) in [4.78, 5) is 24.0. The van der Waals surface area contributed by atoms with Gasteiger partial charge in [0.1, 0.15) is 0 Å². The molecule has 6 nitrogen and oxygen atoms in total. The zero-order valence-electron chi connectivity index (χ0n) is 13.6. The molecule has 0 bridgehead atoms. The molecule has 1 aliphatic rings. The van der Waals surface area contributed by atoms with E-state index in [1.807, 2.05) is 0 Å². The van der Waals surface area contributed by atoms with E-state index in [9.17, 15) is 9.59 Å². The molecule has 1 fully saturated rings. The van der Waals surface area contributed by atoms with E-state index in [0.717, 1.165) is 12.8 Å². The van der Waals surface area contributed by atoms with Gasteiger partial charge in [-0.15, -0.1) is 0 Å². The molecule has 126 valence electrons. The van der Waals surface area contributed by atoms with Crippen LogP contribution in [0.25, 0.3) is 0 Å². The summed E-state index contributed by atoms with van der Waals surface area (Å²) in [5.74, 6) is -0.182. The summed E-state index contributed by atoms with van der Waals surface area (Å²) in [6, 6.07) is 6.95. The summed E-state index contributed by atoms with van der Waals surface area (Å²) in [6.07, 6.45) is 5.66. The molecular weight excluding hydrogens is 294 g/mol. The Morgan fingerprint density at radius 3 is 2.74 bits per heavy atom. The van der Waals surface area contributed by atoms with Crippen molar-refractivity contribution in [2.45, 2.75) is 38.1 Å². The Bertz CT molecular complexity index is 528. The van der Waals surface area contributed by atoms with Crippen LogP contribution < -0.4 is 16.0 Å². The fourth-order valence-corrected chi connectivity index (χ4v) is 2.71. The van der Waals surface area contributed by atoms with E-state index < -0.39 is 0 Å². The number of hydrogen-bond acceptors (Lipinski definition) is 3.